The molecule has 2 amide bonds. The van der Waals surface area contributed by atoms with Crippen LogP contribution in [0.15, 0.2) is 18.2 Å². The van der Waals surface area contributed by atoms with E-state index in [0.29, 0.717) is 37.2 Å². The van der Waals surface area contributed by atoms with Crippen LogP contribution in [0.5, 0.6) is 11.5 Å². The first kappa shape index (κ1) is 21.7. The number of carbonyl (C=O) groups excluding carboxylic acids is 2. The Bertz CT molecular complexity index is 737. The Morgan fingerprint density at radius 1 is 1.17 bits per heavy atom. The van der Waals surface area contributed by atoms with Gasteiger partial charge in [-0.1, -0.05) is 6.92 Å². The first-order chi connectivity index (χ1) is 13.7. The molecule has 1 N–H and O–H groups in total. The second-order valence-corrected chi connectivity index (χ2v) is 7.81. The maximum absolute atomic E-state index is 13.0. The average molecular weight is 424 g/mol. The van der Waals surface area contributed by atoms with Gasteiger partial charge in [-0.15, -0.1) is 12.4 Å². The average Bonchev–Trinajstić information content (AvgIpc) is 3.13. The van der Waals surface area contributed by atoms with E-state index in [9.17, 15) is 9.59 Å². The molecule has 2 saturated heterocycles. The zero-order valence-electron chi connectivity index (χ0n) is 16.9. The SMILES string of the molecule is CCNCC1CCN(C(=O)C2CC(=O)N(c3ccc4c(c3)OCCO4)C2)CC1.Cl. The minimum Gasteiger partial charge on any atom is -0.486 e. The highest BCUT2D eigenvalue weighted by atomic mass is 35.5. The van der Waals surface area contributed by atoms with Gasteiger partial charge in [0.25, 0.3) is 0 Å². The molecule has 0 aromatic heterocycles. The molecule has 3 aliphatic heterocycles. The number of rotatable bonds is 5. The fourth-order valence-electron chi connectivity index (χ4n) is 4.29. The van der Waals surface area contributed by atoms with Gasteiger partial charge in [-0.25, -0.2) is 0 Å². The summed E-state index contributed by atoms with van der Waals surface area (Å²) in [5.41, 5.74) is 0.772. The van der Waals surface area contributed by atoms with Gasteiger partial charge in [-0.3, -0.25) is 9.59 Å². The van der Waals surface area contributed by atoms with Crippen molar-refractivity contribution < 1.29 is 19.1 Å². The van der Waals surface area contributed by atoms with Crippen molar-refractivity contribution in [3.05, 3.63) is 18.2 Å². The number of fused-ring (bicyclic) bond motifs is 1. The van der Waals surface area contributed by atoms with E-state index >= 15 is 0 Å². The molecule has 0 saturated carbocycles. The van der Waals surface area contributed by atoms with Gasteiger partial charge in [-0.2, -0.15) is 0 Å². The van der Waals surface area contributed by atoms with E-state index in [1.165, 1.54) is 0 Å². The standard InChI is InChI=1S/C21H29N3O4.ClH/c1-2-22-13-15-5-7-23(8-6-15)21(26)16-11-20(25)24(14-16)17-3-4-18-19(12-17)28-10-9-27-18;/h3-4,12,15-16,22H,2,5-11,13-14H2,1H3;1H. The van der Waals surface area contributed by atoms with E-state index in [1.807, 2.05) is 23.1 Å². The van der Waals surface area contributed by atoms with Crippen LogP contribution in [0.1, 0.15) is 26.2 Å². The number of benzene rings is 1. The number of amides is 2. The fourth-order valence-corrected chi connectivity index (χ4v) is 4.29. The summed E-state index contributed by atoms with van der Waals surface area (Å²) in [6.07, 6.45) is 2.35. The van der Waals surface area contributed by atoms with Crippen LogP contribution in [0, 0.1) is 11.8 Å². The Morgan fingerprint density at radius 3 is 2.62 bits per heavy atom. The number of nitrogens with one attached hydrogen (secondary N) is 1. The number of carbonyl (C=O) groups is 2. The zero-order valence-corrected chi connectivity index (χ0v) is 17.7. The minimum atomic E-state index is -0.258. The zero-order chi connectivity index (χ0) is 19.5. The highest BCUT2D eigenvalue weighted by Crippen LogP contribution is 2.36. The molecular weight excluding hydrogens is 394 g/mol. The molecule has 160 valence electrons. The maximum atomic E-state index is 13.0. The Morgan fingerprint density at radius 2 is 1.90 bits per heavy atom. The highest BCUT2D eigenvalue weighted by molar-refractivity contribution is 6.00. The van der Waals surface area contributed by atoms with E-state index in [2.05, 4.69) is 12.2 Å². The van der Waals surface area contributed by atoms with Gasteiger partial charge in [0.2, 0.25) is 11.8 Å². The van der Waals surface area contributed by atoms with Crippen LogP contribution in [0.2, 0.25) is 0 Å². The molecule has 3 aliphatic rings. The van der Waals surface area contributed by atoms with Crippen molar-refractivity contribution >= 4 is 29.9 Å². The molecule has 1 aromatic carbocycles. The van der Waals surface area contributed by atoms with E-state index < -0.39 is 0 Å². The number of anilines is 1. The molecule has 3 heterocycles. The molecule has 0 bridgehead atoms. The lowest BCUT2D eigenvalue weighted by atomic mass is 9.95. The summed E-state index contributed by atoms with van der Waals surface area (Å²) < 4.78 is 11.2. The third kappa shape index (κ3) is 4.78. The van der Waals surface area contributed by atoms with Gasteiger partial charge in [0.05, 0.1) is 5.92 Å². The summed E-state index contributed by atoms with van der Waals surface area (Å²) in [6.45, 7) is 7.20. The van der Waals surface area contributed by atoms with Crippen molar-refractivity contribution in [2.24, 2.45) is 11.8 Å². The van der Waals surface area contributed by atoms with Crippen LogP contribution in [0.4, 0.5) is 5.69 Å². The van der Waals surface area contributed by atoms with Gasteiger partial charge in [0.1, 0.15) is 13.2 Å². The van der Waals surface area contributed by atoms with Gasteiger partial charge < -0.3 is 24.6 Å². The monoisotopic (exact) mass is 423 g/mol. The molecule has 0 aliphatic carbocycles. The lowest BCUT2D eigenvalue weighted by Gasteiger charge is -2.33. The predicted molar refractivity (Wildman–Crippen MR) is 113 cm³/mol. The van der Waals surface area contributed by atoms with Crippen LogP contribution >= 0.6 is 12.4 Å². The molecule has 0 spiro atoms. The third-order valence-electron chi connectivity index (χ3n) is 5.92. The van der Waals surface area contributed by atoms with Gasteiger partial charge in [-0.05, 0) is 44.0 Å². The first-order valence-electron chi connectivity index (χ1n) is 10.3. The second-order valence-electron chi connectivity index (χ2n) is 7.81. The topological polar surface area (TPSA) is 71.1 Å². The molecule has 4 rings (SSSR count). The fraction of sp³-hybridized carbons (Fsp3) is 0.619. The number of hydrogen-bond acceptors (Lipinski definition) is 5. The normalized spacial score (nSPS) is 21.8. The Balaban J connectivity index is 0.00000240. The number of halogens is 1. The summed E-state index contributed by atoms with van der Waals surface area (Å²) >= 11 is 0. The smallest absolute Gasteiger partial charge is 0.228 e. The second kappa shape index (κ2) is 9.67. The molecule has 1 atom stereocenters. The van der Waals surface area contributed by atoms with Crippen molar-refractivity contribution in [3.8, 4) is 11.5 Å². The van der Waals surface area contributed by atoms with Crippen LogP contribution in [-0.4, -0.2) is 62.7 Å². The summed E-state index contributed by atoms with van der Waals surface area (Å²) in [6, 6.07) is 5.54. The lowest BCUT2D eigenvalue weighted by molar-refractivity contribution is -0.137. The number of likely N-dealkylation sites (tertiary alicyclic amines) is 1. The summed E-state index contributed by atoms with van der Waals surface area (Å²) in [4.78, 5) is 29.2. The van der Waals surface area contributed by atoms with E-state index in [0.717, 1.165) is 44.7 Å². The Labute approximate surface area is 178 Å². The molecule has 1 unspecified atom stereocenters. The van der Waals surface area contributed by atoms with Crippen LogP contribution in [0.3, 0.4) is 0 Å². The minimum absolute atomic E-state index is 0. The number of ether oxygens (including phenoxy) is 2. The lowest BCUT2D eigenvalue weighted by Crippen LogP contribution is -2.44. The number of nitrogens with zero attached hydrogens (tertiary/aromatic N) is 2. The van der Waals surface area contributed by atoms with Crippen molar-refractivity contribution in [3.63, 3.8) is 0 Å². The van der Waals surface area contributed by atoms with E-state index in [-0.39, 0.29) is 36.6 Å². The van der Waals surface area contributed by atoms with E-state index in [1.54, 1.807) is 4.90 Å². The van der Waals surface area contributed by atoms with Gasteiger partial charge in [0, 0.05) is 37.8 Å². The van der Waals surface area contributed by atoms with Crippen molar-refractivity contribution in [1.82, 2.24) is 10.2 Å². The Hall–Kier alpha value is -1.99. The molecular formula is C21H30ClN3O4. The largest absolute Gasteiger partial charge is 0.486 e. The summed E-state index contributed by atoms with van der Waals surface area (Å²) in [5.74, 6) is 1.87. The van der Waals surface area contributed by atoms with Crippen LogP contribution in [-0.2, 0) is 9.59 Å². The first-order valence-corrected chi connectivity index (χ1v) is 10.3. The summed E-state index contributed by atoms with van der Waals surface area (Å²) in [5, 5.41) is 3.39. The molecule has 2 fully saturated rings. The molecule has 7 nitrogen and oxygen atoms in total. The molecule has 29 heavy (non-hydrogen) atoms. The Kier molecular flexibility index (Phi) is 7.24. The van der Waals surface area contributed by atoms with Crippen LogP contribution < -0.4 is 19.7 Å². The third-order valence-corrected chi connectivity index (χ3v) is 5.92. The number of piperidine rings is 1. The van der Waals surface area contributed by atoms with Crippen molar-refractivity contribution in [2.45, 2.75) is 26.2 Å². The summed E-state index contributed by atoms with van der Waals surface area (Å²) in [7, 11) is 0. The van der Waals surface area contributed by atoms with Gasteiger partial charge >= 0.3 is 0 Å². The predicted octanol–water partition coefficient (Wildman–Crippen LogP) is 2.08. The van der Waals surface area contributed by atoms with Crippen molar-refractivity contribution in [2.75, 3.05) is 50.8 Å². The molecule has 1 aromatic rings. The number of hydrogen-bond donors (Lipinski definition) is 1. The van der Waals surface area contributed by atoms with Crippen LogP contribution in [0.25, 0.3) is 0 Å². The van der Waals surface area contributed by atoms with E-state index in [4.69, 9.17) is 9.47 Å². The quantitative estimate of drug-likeness (QED) is 0.785. The molecule has 8 heteroatoms. The molecule has 0 radical (unpaired) electrons. The van der Waals surface area contributed by atoms with Gasteiger partial charge in [0.15, 0.2) is 11.5 Å². The highest BCUT2D eigenvalue weighted by Gasteiger charge is 2.38. The maximum Gasteiger partial charge on any atom is 0.228 e. The van der Waals surface area contributed by atoms with Crippen molar-refractivity contribution in [1.29, 1.82) is 0 Å².